The van der Waals surface area contributed by atoms with Gasteiger partial charge in [0.15, 0.2) is 11.6 Å². The fraction of sp³-hybridized carbons (Fsp3) is 0.595. The number of hydrogen-bond acceptors (Lipinski definition) is 10. The van der Waals surface area contributed by atoms with Crippen molar-refractivity contribution in [3.63, 3.8) is 0 Å². The van der Waals surface area contributed by atoms with E-state index in [0.717, 1.165) is 0 Å². The summed E-state index contributed by atoms with van der Waals surface area (Å²) >= 11 is 0. The molecule has 1 aromatic carbocycles. The van der Waals surface area contributed by atoms with Gasteiger partial charge in [-0.2, -0.15) is 0 Å². The van der Waals surface area contributed by atoms with Gasteiger partial charge in [0.2, 0.25) is 27.7 Å². The molecule has 1 aromatic heterocycles. The molecule has 0 bridgehead atoms. The van der Waals surface area contributed by atoms with Crippen LogP contribution in [0.25, 0.3) is 10.8 Å². The number of ether oxygens (including phenoxy) is 3. The van der Waals surface area contributed by atoms with Crippen LogP contribution in [0.3, 0.4) is 0 Å². The summed E-state index contributed by atoms with van der Waals surface area (Å²) in [4.78, 5) is 61.0. The molecular formula is C37H50FN5O9S. The number of fused-ring (bicyclic) bond motifs is 1. The van der Waals surface area contributed by atoms with Crippen molar-refractivity contribution in [3.05, 3.63) is 42.9 Å². The van der Waals surface area contributed by atoms with Crippen LogP contribution in [0.5, 0.6) is 11.6 Å². The van der Waals surface area contributed by atoms with E-state index in [1.165, 1.54) is 36.4 Å². The number of sulfonamides is 1. The molecule has 5 atom stereocenters. The number of methoxy groups -OCH3 is 1. The monoisotopic (exact) mass is 759 g/mol. The number of carbonyl (C=O) groups excluding carboxylic acids is 4. The van der Waals surface area contributed by atoms with Crippen LogP contribution >= 0.6 is 0 Å². The van der Waals surface area contributed by atoms with Crippen molar-refractivity contribution in [1.29, 1.82) is 0 Å². The van der Waals surface area contributed by atoms with Gasteiger partial charge in [0.25, 0.3) is 5.91 Å². The maximum atomic E-state index is 14.8. The number of rotatable bonds is 12. The number of nitrogens with one attached hydrogen (secondary N) is 3. The van der Waals surface area contributed by atoms with Crippen LogP contribution in [-0.2, 0) is 29.1 Å². The SMILES string of the molecule is C=C[C@@H]1C[C@]1(NC(=O)[C@@H]1C[C@@H](Oc2nccc3cc(OC)c(F)cc23)CN1C(=O)[C@@H](NC(=O)OC(C)(C)C)C(C)(C)C)C(=O)NS(=O)(=O)C1(CC)CC1. The van der Waals surface area contributed by atoms with Gasteiger partial charge in [-0.05, 0) is 75.5 Å². The van der Waals surface area contributed by atoms with Crippen molar-refractivity contribution in [2.24, 2.45) is 11.3 Å². The van der Waals surface area contributed by atoms with Crippen LogP contribution < -0.4 is 24.8 Å². The number of likely N-dealkylation sites (tertiary alicyclic amines) is 1. The maximum Gasteiger partial charge on any atom is 0.408 e. The Morgan fingerprint density at radius 3 is 2.38 bits per heavy atom. The Morgan fingerprint density at radius 1 is 1.15 bits per heavy atom. The van der Waals surface area contributed by atoms with E-state index >= 15 is 0 Å². The number of benzene rings is 1. The Hall–Kier alpha value is -4.47. The first kappa shape index (κ1) is 39.7. The molecule has 5 rings (SSSR count). The topological polar surface area (TPSA) is 182 Å². The van der Waals surface area contributed by atoms with Crippen molar-refractivity contribution in [3.8, 4) is 11.6 Å². The molecule has 3 N–H and O–H groups in total. The van der Waals surface area contributed by atoms with Crippen LogP contribution in [0.4, 0.5) is 9.18 Å². The van der Waals surface area contributed by atoms with Crippen molar-refractivity contribution in [1.82, 2.24) is 25.2 Å². The molecule has 2 saturated carbocycles. The van der Waals surface area contributed by atoms with Gasteiger partial charge in [-0.25, -0.2) is 22.6 Å². The molecule has 3 fully saturated rings. The lowest BCUT2D eigenvalue weighted by molar-refractivity contribution is -0.143. The summed E-state index contributed by atoms with van der Waals surface area (Å²) in [5, 5.41) is 6.34. The molecule has 1 saturated heterocycles. The van der Waals surface area contributed by atoms with Gasteiger partial charge < -0.3 is 29.7 Å². The molecule has 0 radical (unpaired) electrons. The largest absolute Gasteiger partial charge is 0.494 e. The van der Waals surface area contributed by atoms with Crippen LogP contribution in [0, 0.1) is 17.2 Å². The van der Waals surface area contributed by atoms with Gasteiger partial charge in [0.05, 0.1) is 18.4 Å². The van der Waals surface area contributed by atoms with E-state index < -0.39 is 85.1 Å². The third-order valence-corrected chi connectivity index (χ3v) is 12.5. The van der Waals surface area contributed by atoms with Gasteiger partial charge in [-0.15, -0.1) is 6.58 Å². The third-order valence-electron chi connectivity index (χ3n) is 10.2. The Labute approximate surface area is 309 Å². The number of pyridine rings is 1. The Balaban J connectivity index is 1.46. The molecule has 14 nitrogen and oxygen atoms in total. The lowest BCUT2D eigenvalue weighted by Gasteiger charge is -2.36. The number of amides is 4. The standard InChI is InChI=1S/C37H50FN5O9S/c1-10-22-19-37(22,32(46)42-53(48,49)36(11-2)13-14-36)41-29(44)26-17-23(51-30-24-18-25(38)27(50-9)16-21(24)12-15-39-30)20-43(26)31(45)28(34(3,4)5)40-33(47)52-35(6,7)8/h10,12,15-16,18,22-23,26,28H,1,11,13-14,17,19-20H2,2-9H3,(H,40,47)(H,41,44)(H,42,46)/t22-,23-,26+,28-,37-/m1/s1. The third kappa shape index (κ3) is 8.06. The average Bonchev–Trinajstić information content (AvgIpc) is 3.97. The Bertz CT molecular complexity index is 1920. The van der Waals surface area contributed by atoms with Crippen LogP contribution in [0.15, 0.2) is 37.1 Å². The Kier molecular flexibility index (Phi) is 10.5. The predicted octanol–water partition coefficient (Wildman–Crippen LogP) is 4.12. The minimum atomic E-state index is -4.04. The number of nitrogens with zero attached hydrogens (tertiary/aromatic N) is 2. The highest BCUT2D eigenvalue weighted by Crippen LogP contribution is 2.48. The molecule has 4 amide bonds. The molecular weight excluding hydrogens is 709 g/mol. The molecule has 53 heavy (non-hydrogen) atoms. The number of carbonyl (C=O) groups is 4. The van der Waals surface area contributed by atoms with Gasteiger partial charge >= 0.3 is 6.09 Å². The first-order valence-corrected chi connectivity index (χ1v) is 19.2. The van der Waals surface area contributed by atoms with E-state index in [1.54, 1.807) is 54.5 Å². The molecule has 2 aromatic rings. The minimum absolute atomic E-state index is 0.0281. The van der Waals surface area contributed by atoms with Crippen LogP contribution in [0.2, 0.25) is 0 Å². The molecule has 2 heterocycles. The van der Waals surface area contributed by atoms with E-state index in [4.69, 9.17) is 14.2 Å². The summed E-state index contributed by atoms with van der Waals surface area (Å²) < 4.78 is 59.2. The van der Waals surface area contributed by atoms with Crippen LogP contribution in [0.1, 0.15) is 80.6 Å². The van der Waals surface area contributed by atoms with E-state index in [9.17, 15) is 32.0 Å². The van der Waals surface area contributed by atoms with Gasteiger partial charge in [0.1, 0.15) is 29.3 Å². The van der Waals surface area contributed by atoms with Gasteiger partial charge in [0, 0.05) is 23.9 Å². The summed E-state index contributed by atoms with van der Waals surface area (Å²) in [6.45, 7) is 15.7. The summed E-state index contributed by atoms with van der Waals surface area (Å²) in [6.07, 6.45) is 2.47. The summed E-state index contributed by atoms with van der Waals surface area (Å²) in [5.74, 6) is -3.36. The molecule has 290 valence electrons. The lowest BCUT2D eigenvalue weighted by atomic mass is 9.85. The second-order valence-electron chi connectivity index (χ2n) is 16.2. The van der Waals surface area contributed by atoms with Crippen LogP contribution in [-0.4, -0.2) is 89.8 Å². The highest BCUT2D eigenvalue weighted by atomic mass is 32.2. The second-order valence-corrected chi connectivity index (χ2v) is 18.3. The fourth-order valence-corrected chi connectivity index (χ4v) is 8.44. The Morgan fingerprint density at radius 2 is 1.83 bits per heavy atom. The molecule has 3 aliphatic rings. The quantitative estimate of drug-likeness (QED) is 0.266. The summed E-state index contributed by atoms with van der Waals surface area (Å²) in [6, 6.07) is 1.97. The highest BCUT2D eigenvalue weighted by Gasteiger charge is 2.63. The minimum Gasteiger partial charge on any atom is -0.494 e. The van der Waals surface area contributed by atoms with Crippen molar-refractivity contribution < 1.29 is 46.2 Å². The smallest absolute Gasteiger partial charge is 0.408 e. The molecule has 1 aliphatic heterocycles. The highest BCUT2D eigenvalue weighted by molar-refractivity contribution is 7.91. The summed E-state index contributed by atoms with van der Waals surface area (Å²) in [5.41, 5.74) is -3.33. The van der Waals surface area contributed by atoms with E-state index in [-0.39, 0.29) is 31.0 Å². The predicted molar refractivity (Wildman–Crippen MR) is 194 cm³/mol. The van der Waals surface area contributed by atoms with E-state index in [2.05, 4.69) is 26.9 Å². The molecule has 0 spiro atoms. The number of halogens is 1. The zero-order valence-electron chi connectivity index (χ0n) is 31.5. The maximum absolute atomic E-state index is 14.8. The normalized spacial score (nSPS) is 24.1. The zero-order chi connectivity index (χ0) is 39.3. The van der Waals surface area contributed by atoms with Gasteiger partial charge in [-0.3, -0.25) is 19.1 Å². The summed E-state index contributed by atoms with van der Waals surface area (Å²) in [7, 11) is -2.69. The second kappa shape index (κ2) is 14.1. The van der Waals surface area contributed by atoms with Crippen molar-refractivity contribution in [2.75, 3.05) is 13.7 Å². The molecule has 2 aliphatic carbocycles. The van der Waals surface area contributed by atoms with Crippen molar-refractivity contribution in [2.45, 2.75) is 115 Å². The first-order valence-electron chi connectivity index (χ1n) is 17.7. The van der Waals surface area contributed by atoms with E-state index in [1.807, 2.05) is 0 Å². The zero-order valence-corrected chi connectivity index (χ0v) is 32.3. The molecule has 16 heteroatoms. The average molecular weight is 760 g/mol. The fourth-order valence-electron chi connectivity index (χ4n) is 6.78. The number of aromatic nitrogens is 1. The van der Waals surface area contributed by atoms with Crippen molar-refractivity contribution >= 4 is 44.6 Å². The number of hydrogen-bond donors (Lipinski definition) is 3. The first-order chi connectivity index (χ1) is 24.6. The van der Waals surface area contributed by atoms with E-state index in [0.29, 0.717) is 30.0 Å². The molecule has 0 unspecified atom stereocenters. The lowest BCUT2D eigenvalue weighted by Crippen LogP contribution is -2.60. The number of alkyl carbamates (subject to hydrolysis) is 1. The van der Waals surface area contributed by atoms with Gasteiger partial charge in [-0.1, -0.05) is 33.8 Å².